The zero-order valence-electron chi connectivity index (χ0n) is 13.9. The molecule has 0 bridgehead atoms. The van der Waals surface area contributed by atoms with E-state index in [1.807, 2.05) is 67.7 Å². The normalized spacial score (nSPS) is 13.2. The lowest BCUT2D eigenvalue weighted by atomic mass is 9.97. The van der Waals surface area contributed by atoms with Gasteiger partial charge in [-0.2, -0.15) is 0 Å². The van der Waals surface area contributed by atoms with Gasteiger partial charge in [-0.1, -0.05) is 30.3 Å². The van der Waals surface area contributed by atoms with Crippen LogP contribution in [-0.2, 0) is 6.61 Å². The van der Waals surface area contributed by atoms with Gasteiger partial charge in [0.25, 0.3) is 5.91 Å². The number of ether oxygens (including phenoxy) is 1. The molecule has 1 unspecified atom stereocenters. The van der Waals surface area contributed by atoms with Gasteiger partial charge in [-0.15, -0.1) is 0 Å². The van der Waals surface area contributed by atoms with Crippen LogP contribution in [-0.4, -0.2) is 10.9 Å². The third-order valence-electron chi connectivity index (χ3n) is 4.47. The largest absolute Gasteiger partial charge is 0.488 e. The molecule has 1 aliphatic heterocycles. The second kappa shape index (κ2) is 6.40. The Hall–Kier alpha value is -3.14. The molecule has 0 saturated heterocycles. The van der Waals surface area contributed by atoms with E-state index >= 15 is 0 Å². The minimum absolute atomic E-state index is 0.0579. The molecular formula is C21H18N2O2. The number of nitrogens with one attached hydrogen (secondary N) is 1. The number of hydrogen-bond donors (Lipinski definition) is 1. The SMILES string of the molecule is CC(NC(=O)c1ccc2c(c1)OCc1cnccc1-2)c1ccccc1. The van der Waals surface area contributed by atoms with Crippen LogP contribution in [0.4, 0.5) is 0 Å². The number of amides is 1. The minimum Gasteiger partial charge on any atom is -0.488 e. The molecule has 1 aromatic heterocycles. The number of fused-ring (bicyclic) bond motifs is 3. The Bertz CT molecular complexity index is 922. The molecule has 1 amide bonds. The van der Waals surface area contributed by atoms with E-state index in [1.165, 1.54) is 0 Å². The Morgan fingerprint density at radius 1 is 1.12 bits per heavy atom. The first kappa shape index (κ1) is 15.4. The topological polar surface area (TPSA) is 51.2 Å². The van der Waals surface area contributed by atoms with Crippen molar-refractivity contribution < 1.29 is 9.53 Å². The third kappa shape index (κ3) is 2.98. The van der Waals surface area contributed by atoms with Gasteiger partial charge in [0.2, 0.25) is 0 Å². The van der Waals surface area contributed by atoms with Gasteiger partial charge in [0, 0.05) is 29.1 Å². The van der Waals surface area contributed by atoms with Crippen molar-refractivity contribution in [2.75, 3.05) is 0 Å². The Morgan fingerprint density at radius 2 is 1.96 bits per heavy atom. The maximum Gasteiger partial charge on any atom is 0.251 e. The lowest BCUT2D eigenvalue weighted by Gasteiger charge is -2.21. The van der Waals surface area contributed by atoms with E-state index in [4.69, 9.17) is 4.74 Å². The zero-order chi connectivity index (χ0) is 17.2. The molecule has 1 N–H and O–H groups in total. The van der Waals surface area contributed by atoms with Crippen LogP contribution in [0.25, 0.3) is 11.1 Å². The number of pyridine rings is 1. The van der Waals surface area contributed by atoms with E-state index < -0.39 is 0 Å². The van der Waals surface area contributed by atoms with E-state index in [2.05, 4.69) is 10.3 Å². The Labute approximate surface area is 146 Å². The van der Waals surface area contributed by atoms with Crippen molar-refractivity contribution in [2.45, 2.75) is 19.6 Å². The average molecular weight is 330 g/mol. The molecule has 4 heteroatoms. The Morgan fingerprint density at radius 3 is 2.80 bits per heavy atom. The summed E-state index contributed by atoms with van der Waals surface area (Å²) in [4.78, 5) is 16.7. The predicted octanol–water partition coefficient (Wildman–Crippen LogP) is 4.13. The predicted molar refractivity (Wildman–Crippen MR) is 96.3 cm³/mol. The summed E-state index contributed by atoms with van der Waals surface area (Å²) in [5.41, 5.74) is 4.84. The molecule has 1 atom stereocenters. The average Bonchev–Trinajstić information content (AvgIpc) is 2.68. The standard InChI is InChI=1S/C21H18N2O2/c1-14(15-5-3-2-4-6-15)23-21(24)16-7-8-19-18-9-10-22-12-17(18)13-25-20(19)11-16/h2-12,14H,13H2,1H3,(H,23,24). The molecule has 1 aliphatic rings. The lowest BCUT2D eigenvalue weighted by molar-refractivity contribution is 0.0939. The molecule has 124 valence electrons. The molecule has 4 rings (SSSR count). The van der Waals surface area contributed by atoms with E-state index in [-0.39, 0.29) is 11.9 Å². The number of hydrogen-bond acceptors (Lipinski definition) is 3. The van der Waals surface area contributed by atoms with Gasteiger partial charge in [0.1, 0.15) is 12.4 Å². The molecule has 0 fully saturated rings. The molecule has 2 heterocycles. The van der Waals surface area contributed by atoms with Crippen LogP contribution in [0.2, 0.25) is 0 Å². The molecule has 0 aliphatic carbocycles. The first-order valence-corrected chi connectivity index (χ1v) is 8.28. The molecular weight excluding hydrogens is 312 g/mol. The quantitative estimate of drug-likeness (QED) is 0.785. The van der Waals surface area contributed by atoms with Crippen LogP contribution in [0.5, 0.6) is 5.75 Å². The van der Waals surface area contributed by atoms with Crippen LogP contribution < -0.4 is 10.1 Å². The summed E-state index contributed by atoms with van der Waals surface area (Å²) in [5, 5.41) is 3.03. The highest BCUT2D eigenvalue weighted by Gasteiger charge is 2.19. The van der Waals surface area contributed by atoms with Crippen molar-refractivity contribution >= 4 is 5.91 Å². The van der Waals surface area contributed by atoms with Gasteiger partial charge in [-0.25, -0.2) is 0 Å². The highest BCUT2D eigenvalue weighted by atomic mass is 16.5. The number of nitrogens with zero attached hydrogens (tertiary/aromatic N) is 1. The van der Waals surface area contributed by atoms with Crippen molar-refractivity contribution in [2.24, 2.45) is 0 Å². The summed E-state index contributed by atoms with van der Waals surface area (Å²) in [6.07, 6.45) is 3.59. The van der Waals surface area contributed by atoms with E-state index in [0.29, 0.717) is 12.2 Å². The Kier molecular flexibility index (Phi) is 3.94. The number of aromatic nitrogens is 1. The maximum atomic E-state index is 12.6. The van der Waals surface area contributed by atoms with Crippen LogP contribution in [0.3, 0.4) is 0 Å². The first-order valence-electron chi connectivity index (χ1n) is 8.28. The van der Waals surface area contributed by atoms with Gasteiger partial charge in [-0.05, 0) is 42.3 Å². The summed E-state index contributed by atoms with van der Waals surface area (Å²) in [6.45, 7) is 2.45. The molecule has 0 saturated carbocycles. The lowest BCUT2D eigenvalue weighted by Crippen LogP contribution is -2.26. The van der Waals surface area contributed by atoms with Crippen molar-refractivity contribution in [1.82, 2.24) is 10.3 Å². The van der Waals surface area contributed by atoms with Gasteiger partial charge in [0.05, 0.1) is 6.04 Å². The van der Waals surface area contributed by atoms with Gasteiger partial charge in [0.15, 0.2) is 0 Å². The molecule has 0 spiro atoms. The number of carbonyl (C=O) groups is 1. The van der Waals surface area contributed by atoms with E-state index in [1.54, 1.807) is 6.20 Å². The van der Waals surface area contributed by atoms with Gasteiger partial charge >= 0.3 is 0 Å². The van der Waals surface area contributed by atoms with E-state index in [9.17, 15) is 4.79 Å². The number of rotatable bonds is 3. The summed E-state index contributed by atoms with van der Waals surface area (Å²) >= 11 is 0. The fourth-order valence-corrected chi connectivity index (χ4v) is 3.07. The summed E-state index contributed by atoms with van der Waals surface area (Å²) < 4.78 is 5.81. The summed E-state index contributed by atoms with van der Waals surface area (Å²) in [5.74, 6) is 0.627. The smallest absolute Gasteiger partial charge is 0.251 e. The van der Waals surface area contributed by atoms with Crippen LogP contribution in [0, 0.1) is 0 Å². The minimum atomic E-state index is -0.108. The highest BCUT2D eigenvalue weighted by molar-refractivity contribution is 5.96. The monoisotopic (exact) mass is 330 g/mol. The molecule has 2 aromatic carbocycles. The molecule has 0 radical (unpaired) electrons. The summed E-state index contributed by atoms with van der Waals surface area (Å²) in [6, 6.07) is 17.4. The van der Waals surface area contributed by atoms with Crippen molar-refractivity contribution in [3.8, 4) is 16.9 Å². The molecule has 4 nitrogen and oxygen atoms in total. The number of benzene rings is 2. The fraction of sp³-hybridized carbons (Fsp3) is 0.143. The fourth-order valence-electron chi connectivity index (χ4n) is 3.07. The maximum absolute atomic E-state index is 12.6. The third-order valence-corrected chi connectivity index (χ3v) is 4.47. The second-order valence-corrected chi connectivity index (χ2v) is 6.14. The van der Waals surface area contributed by atoms with Crippen molar-refractivity contribution in [3.05, 3.63) is 83.7 Å². The highest BCUT2D eigenvalue weighted by Crippen LogP contribution is 2.37. The van der Waals surface area contributed by atoms with Crippen LogP contribution in [0.15, 0.2) is 67.0 Å². The van der Waals surface area contributed by atoms with Crippen molar-refractivity contribution in [3.63, 3.8) is 0 Å². The summed E-state index contributed by atoms with van der Waals surface area (Å²) in [7, 11) is 0. The van der Waals surface area contributed by atoms with Gasteiger partial charge in [-0.3, -0.25) is 9.78 Å². The van der Waals surface area contributed by atoms with Crippen molar-refractivity contribution in [1.29, 1.82) is 0 Å². The molecule has 25 heavy (non-hydrogen) atoms. The van der Waals surface area contributed by atoms with Crippen LogP contribution >= 0.6 is 0 Å². The first-order chi connectivity index (χ1) is 12.2. The zero-order valence-corrected chi connectivity index (χ0v) is 13.9. The Balaban J connectivity index is 1.57. The number of carbonyl (C=O) groups excluding carboxylic acids is 1. The second-order valence-electron chi connectivity index (χ2n) is 6.14. The molecule has 3 aromatic rings. The van der Waals surface area contributed by atoms with E-state index in [0.717, 1.165) is 28.0 Å². The van der Waals surface area contributed by atoms with Crippen LogP contribution in [0.1, 0.15) is 34.5 Å². The van der Waals surface area contributed by atoms with Gasteiger partial charge < -0.3 is 10.1 Å².